The van der Waals surface area contributed by atoms with E-state index >= 15 is 0 Å². The van der Waals surface area contributed by atoms with E-state index in [0.717, 1.165) is 6.54 Å². The summed E-state index contributed by atoms with van der Waals surface area (Å²) in [5.74, 6) is 0. The summed E-state index contributed by atoms with van der Waals surface area (Å²) in [4.78, 5) is 13.8. The number of benzene rings is 2. The molecule has 1 unspecified atom stereocenters. The normalized spacial score (nSPS) is 18.9. The van der Waals surface area contributed by atoms with E-state index in [4.69, 9.17) is 0 Å². The van der Waals surface area contributed by atoms with E-state index in [1.54, 1.807) is 0 Å². The average Bonchev–Trinajstić information content (AvgIpc) is 2.80. The Balaban J connectivity index is 1.92. The maximum atomic E-state index is 11.9. The highest BCUT2D eigenvalue weighted by Gasteiger charge is 2.31. The molecule has 1 fully saturated rings. The van der Waals surface area contributed by atoms with Crippen LogP contribution in [0, 0.1) is 6.92 Å². The first-order valence-corrected chi connectivity index (χ1v) is 7.12. The fourth-order valence-electron chi connectivity index (χ4n) is 2.79. The lowest BCUT2D eigenvalue weighted by atomic mass is 10.0. The summed E-state index contributed by atoms with van der Waals surface area (Å²) in [6, 6.07) is 13.3. The van der Waals surface area contributed by atoms with Crippen LogP contribution >= 0.6 is 0 Å². The van der Waals surface area contributed by atoms with E-state index in [1.807, 2.05) is 18.7 Å². The van der Waals surface area contributed by atoms with Crippen LogP contribution in [0.1, 0.15) is 31.0 Å². The Kier molecular flexibility index (Phi) is 3.13. The lowest BCUT2D eigenvalue weighted by Gasteiger charge is -2.19. The average molecular weight is 268 g/mol. The summed E-state index contributed by atoms with van der Waals surface area (Å²) >= 11 is 0. The van der Waals surface area contributed by atoms with E-state index in [-0.39, 0.29) is 18.1 Å². The van der Waals surface area contributed by atoms with Crippen LogP contribution in [0.15, 0.2) is 36.4 Å². The van der Waals surface area contributed by atoms with Gasteiger partial charge in [-0.15, -0.1) is 0 Å². The standard InChI is InChI=1S/C17H20N2O/c1-11(2)19-10-16(18-17(19)20)15-7-6-13-8-12(3)4-5-14(13)9-15/h4-9,11,16H,10H2,1-3H3,(H,18,20). The van der Waals surface area contributed by atoms with Gasteiger partial charge in [0.05, 0.1) is 6.04 Å². The van der Waals surface area contributed by atoms with Crippen LogP contribution in [0.25, 0.3) is 10.8 Å². The van der Waals surface area contributed by atoms with Gasteiger partial charge in [0.1, 0.15) is 0 Å². The molecule has 0 spiro atoms. The minimum atomic E-state index is 0.0361. The smallest absolute Gasteiger partial charge is 0.318 e. The van der Waals surface area contributed by atoms with Gasteiger partial charge in [-0.05, 0) is 43.2 Å². The molecular formula is C17H20N2O. The molecule has 2 aromatic carbocycles. The molecule has 1 atom stereocenters. The van der Waals surface area contributed by atoms with Gasteiger partial charge in [0.25, 0.3) is 0 Å². The van der Waals surface area contributed by atoms with Crippen molar-refractivity contribution < 1.29 is 4.79 Å². The topological polar surface area (TPSA) is 32.3 Å². The van der Waals surface area contributed by atoms with Crippen LogP contribution in [-0.4, -0.2) is 23.5 Å². The van der Waals surface area contributed by atoms with Gasteiger partial charge in [-0.2, -0.15) is 0 Å². The molecule has 0 radical (unpaired) electrons. The van der Waals surface area contributed by atoms with Gasteiger partial charge in [-0.3, -0.25) is 0 Å². The Morgan fingerprint density at radius 3 is 2.55 bits per heavy atom. The van der Waals surface area contributed by atoms with Crippen molar-refractivity contribution in [3.63, 3.8) is 0 Å². The minimum Gasteiger partial charge on any atom is -0.329 e. The first-order chi connectivity index (χ1) is 9.54. The lowest BCUT2D eigenvalue weighted by Crippen LogP contribution is -2.33. The molecule has 3 nitrogen and oxygen atoms in total. The van der Waals surface area contributed by atoms with E-state index in [0.29, 0.717) is 0 Å². The Morgan fingerprint density at radius 1 is 1.15 bits per heavy atom. The Labute approximate surface area is 119 Å². The third kappa shape index (κ3) is 2.24. The molecule has 1 aliphatic rings. The van der Waals surface area contributed by atoms with E-state index < -0.39 is 0 Å². The van der Waals surface area contributed by atoms with Crippen molar-refractivity contribution in [1.82, 2.24) is 10.2 Å². The van der Waals surface area contributed by atoms with Gasteiger partial charge in [0.15, 0.2) is 0 Å². The predicted molar refractivity (Wildman–Crippen MR) is 81.8 cm³/mol. The highest BCUT2D eigenvalue weighted by molar-refractivity contribution is 5.84. The SMILES string of the molecule is Cc1ccc2cc(C3CN(C(C)C)C(=O)N3)ccc2c1. The van der Waals surface area contributed by atoms with Crippen LogP contribution < -0.4 is 5.32 Å². The highest BCUT2D eigenvalue weighted by Crippen LogP contribution is 2.25. The van der Waals surface area contributed by atoms with Crippen LogP contribution in [-0.2, 0) is 0 Å². The van der Waals surface area contributed by atoms with Crippen LogP contribution in [0.5, 0.6) is 0 Å². The summed E-state index contributed by atoms with van der Waals surface area (Å²) in [6.07, 6.45) is 0. The molecule has 1 heterocycles. The molecule has 0 saturated carbocycles. The molecule has 104 valence electrons. The molecule has 0 aromatic heterocycles. The van der Waals surface area contributed by atoms with Crippen molar-refractivity contribution >= 4 is 16.8 Å². The van der Waals surface area contributed by atoms with Crippen LogP contribution in [0.2, 0.25) is 0 Å². The maximum Gasteiger partial charge on any atom is 0.318 e. The Hall–Kier alpha value is -2.03. The molecule has 3 rings (SSSR count). The third-order valence-electron chi connectivity index (χ3n) is 3.98. The second kappa shape index (κ2) is 4.82. The zero-order valence-corrected chi connectivity index (χ0v) is 12.2. The molecule has 1 saturated heterocycles. The second-order valence-electron chi connectivity index (χ2n) is 5.86. The van der Waals surface area contributed by atoms with Crippen molar-refractivity contribution in [2.45, 2.75) is 32.9 Å². The van der Waals surface area contributed by atoms with Gasteiger partial charge in [-0.25, -0.2) is 4.79 Å². The molecule has 3 heteroatoms. The summed E-state index contributed by atoms with van der Waals surface area (Å²) in [6.45, 7) is 6.94. The van der Waals surface area contributed by atoms with Crippen molar-refractivity contribution in [3.8, 4) is 0 Å². The molecule has 1 aliphatic heterocycles. The van der Waals surface area contributed by atoms with E-state index in [2.05, 4.69) is 48.6 Å². The third-order valence-corrected chi connectivity index (χ3v) is 3.98. The zero-order valence-electron chi connectivity index (χ0n) is 12.2. The first-order valence-electron chi connectivity index (χ1n) is 7.12. The summed E-state index contributed by atoms with van der Waals surface area (Å²) in [7, 11) is 0. The maximum absolute atomic E-state index is 11.9. The van der Waals surface area contributed by atoms with Crippen LogP contribution in [0.3, 0.4) is 0 Å². The van der Waals surface area contributed by atoms with Crippen molar-refractivity contribution in [3.05, 3.63) is 47.5 Å². The number of hydrogen-bond donors (Lipinski definition) is 1. The molecule has 0 aliphatic carbocycles. The predicted octanol–water partition coefficient (Wildman–Crippen LogP) is 3.62. The molecule has 20 heavy (non-hydrogen) atoms. The molecule has 2 aromatic rings. The molecular weight excluding hydrogens is 248 g/mol. The second-order valence-corrected chi connectivity index (χ2v) is 5.86. The summed E-state index contributed by atoms with van der Waals surface area (Å²) in [5.41, 5.74) is 2.45. The quantitative estimate of drug-likeness (QED) is 0.886. The number of carbonyl (C=O) groups is 1. The molecule has 1 N–H and O–H groups in total. The number of amides is 2. The van der Waals surface area contributed by atoms with Crippen LogP contribution in [0.4, 0.5) is 4.79 Å². The van der Waals surface area contributed by atoms with Gasteiger partial charge in [-0.1, -0.05) is 35.9 Å². The fraction of sp³-hybridized carbons (Fsp3) is 0.353. The lowest BCUT2D eigenvalue weighted by molar-refractivity contribution is 0.206. The van der Waals surface area contributed by atoms with Crippen molar-refractivity contribution in [1.29, 1.82) is 0 Å². The number of hydrogen-bond acceptors (Lipinski definition) is 1. The number of fused-ring (bicyclic) bond motifs is 1. The first kappa shape index (κ1) is 13.0. The van der Waals surface area contributed by atoms with Gasteiger partial charge < -0.3 is 10.2 Å². The molecule has 2 amide bonds. The highest BCUT2D eigenvalue weighted by atomic mass is 16.2. The van der Waals surface area contributed by atoms with Gasteiger partial charge in [0.2, 0.25) is 0 Å². The largest absolute Gasteiger partial charge is 0.329 e. The molecule has 0 bridgehead atoms. The number of carbonyl (C=O) groups excluding carboxylic acids is 1. The van der Waals surface area contributed by atoms with Crippen molar-refractivity contribution in [2.24, 2.45) is 0 Å². The van der Waals surface area contributed by atoms with Gasteiger partial charge >= 0.3 is 6.03 Å². The Morgan fingerprint density at radius 2 is 1.85 bits per heavy atom. The monoisotopic (exact) mass is 268 g/mol. The Bertz CT molecular complexity index is 663. The van der Waals surface area contributed by atoms with E-state index in [9.17, 15) is 4.79 Å². The number of rotatable bonds is 2. The fourth-order valence-corrected chi connectivity index (χ4v) is 2.79. The zero-order chi connectivity index (χ0) is 14.3. The summed E-state index contributed by atoms with van der Waals surface area (Å²) in [5, 5.41) is 5.54. The summed E-state index contributed by atoms with van der Waals surface area (Å²) < 4.78 is 0. The minimum absolute atomic E-state index is 0.0361. The number of urea groups is 1. The van der Waals surface area contributed by atoms with Gasteiger partial charge in [0, 0.05) is 12.6 Å². The number of aryl methyl sites for hydroxylation is 1. The van der Waals surface area contributed by atoms with Crippen molar-refractivity contribution in [2.75, 3.05) is 6.54 Å². The van der Waals surface area contributed by atoms with E-state index in [1.165, 1.54) is 21.9 Å². The number of nitrogens with one attached hydrogen (secondary N) is 1. The number of nitrogens with zero attached hydrogens (tertiary/aromatic N) is 1.